The minimum absolute atomic E-state index is 0.624. The average Bonchev–Trinajstić information content (AvgIpc) is 2.87. The number of anilines is 2. The van der Waals surface area contributed by atoms with Gasteiger partial charge in [0.1, 0.15) is 10.8 Å². The molecule has 1 atom stereocenters. The van der Waals surface area contributed by atoms with Crippen molar-refractivity contribution in [3.8, 4) is 0 Å². The Morgan fingerprint density at radius 2 is 2.38 bits per heavy atom. The highest BCUT2D eigenvalue weighted by atomic mass is 32.1. The topological polar surface area (TPSA) is 54.2 Å². The molecule has 0 aromatic carbocycles. The summed E-state index contributed by atoms with van der Waals surface area (Å²) in [7, 11) is 0. The number of aromatic nitrogens is 1. The Morgan fingerprint density at radius 3 is 3.06 bits per heavy atom. The number of nitrogens with two attached hydrogens (primary N) is 1. The first-order valence-corrected chi connectivity index (χ1v) is 6.79. The summed E-state index contributed by atoms with van der Waals surface area (Å²) < 4.78 is 4.06. The molecule has 0 spiro atoms. The van der Waals surface area contributed by atoms with Gasteiger partial charge in [-0.2, -0.15) is 4.37 Å². The summed E-state index contributed by atoms with van der Waals surface area (Å²) in [5, 5.41) is 4.54. The van der Waals surface area contributed by atoms with Gasteiger partial charge in [-0.15, -0.1) is 0 Å². The summed E-state index contributed by atoms with van der Waals surface area (Å²) >= 11 is 1.45. The van der Waals surface area contributed by atoms with Gasteiger partial charge < -0.3 is 16.0 Å². The van der Waals surface area contributed by atoms with Crippen molar-refractivity contribution in [2.75, 3.05) is 30.7 Å². The van der Waals surface area contributed by atoms with Crippen LogP contribution in [0.4, 0.5) is 10.8 Å². The smallest absolute Gasteiger partial charge is 0.139 e. The van der Waals surface area contributed by atoms with Gasteiger partial charge in [-0.05, 0) is 43.3 Å². The highest BCUT2D eigenvalue weighted by Crippen LogP contribution is 2.31. The summed E-state index contributed by atoms with van der Waals surface area (Å²) in [4.78, 5) is 2.65. The molecule has 1 aromatic rings. The zero-order valence-corrected chi connectivity index (χ0v) is 10.2. The van der Waals surface area contributed by atoms with Crippen LogP contribution < -0.4 is 11.1 Å². The molecule has 2 heterocycles. The quantitative estimate of drug-likeness (QED) is 0.837. The van der Waals surface area contributed by atoms with Gasteiger partial charge in [0.15, 0.2) is 0 Å². The van der Waals surface area contributed by atoms with Crippen molar-refractivity contribution in [2.45, 2.75) is 25.3 Å². The second-order valence-corrected chi connectivity index (χ2v) is 5.68. The zero-order valence-electron chi connectivity index (χ0n) is 9.35. The first-order chi connectivity index (χ1) is 7.81. The van der Waals surface area contributed by atoms with Crippen molar-refractivity contribution in [1.29, 1.82) is 0 Å². The second-order valence-electron chi connectivity index (χ2n) is 4.88. The molecule has 4 nitrogen and oxygen atoms in total. The maximum absolute atomic E-state index is 5.58. The lowest BCUT2D eigenvalue weighted by Crippen LogP contribution is -2.24. The van der Waals surface area contributed by atoms with E-state index in [9.17, 15) is 0 Å². The predicted molar refractivity (Wildman–Crippen MR) is 67.7 cm³/mol. The number of hydrogen-bond acceptors (Lipinski definition) is 5. The molecule has 1 unspecified atom stereocenters. The highest BCUT2D eigenvalue weighted by Gasteiger charge is 2.34. The van der Waals surface area contributed by atoms with Gasteiger partial charge in [0.05, 0.1) is 0 Å². The van der Waals surface area contributed by atoms with E-state index in [1.54, 1.807) is 0 Å². The molecule has 3 rings (SSSR count). The van der Waals surface area contributed by atoms with E-state index in [2.05, 4.69) is 14.6 Å². The molecule has 5 heteroatoms. The number of rotatable bonds is 4. The van der Waals surface area contributed by atoms with Crippen LogP contribution in [0.1, 0.15) is 19.3 Å². The molecular weight excluding hydrogens is 220 g/mol. The summed E-state index contributed by atoms with van der Waals surface area (Å²) in [6, 6.07) is 2.84. The lowest BCUT2D eigenvalue weighted by molar-refractivity contribution is 0.316. The van der Waals surface area contributed by atoms with Crippen LogP contribution in [0.3, 0.4) is 0 Å². The average molecular weight is 238 g/mol. The minimum atomic E-state index is 0.624. The number of nitrogen functional groups attached to an aromatic ring is 1. The van der Waals surface area contributed by atoms with E-state index in [1.807, 2.05) is 6.07 Å². The maximum atomic E-state index is 5.58. The van der Waals surface area contributed by atoms with E-state index in [1.165, 1.54) is 43.9 Å². The largest absolute Gasteiger partial charge is 0.383 e. The fourth-order valence-electron chi connectivity index (χ4n) is 2.42. The van der Waals surface area contributed by atoms with E-state index < -0.39 is 0 Å². The van der Waals surface area contributed by atoms with Crippen molar-refractivity contribution in [3.05, 3.63) is 6.07 Å². The Balaban J connectivity index is 1.45. The molecule has 16 heavy (non-hydrogen) atoms. The summed E-state index contributed by atoms with van der Waals surface area (Å²) in [5.74, 6) is 1.42. The van der Waals surface area contributed by atoms with Crippen LogP contribution in [0, 0.1) is 5.92 Å². The van der Waals surface area contributed by atoms with Crippen LogP contribution >= 0.6 is 11.5 Å². The predicted octanol–water partition coefficient (Wildman–Crippen LogP) is 1.62. The Kier molecular flexibility index (Phi) is 2.73. The Hall–Kier alpha value is -0.810. The van der Waals surface area contributed by atoms with E-state index in [4.69, 9.17) is 5.73 Å². The number of hydrogen-bond donors (Lipinski definition) is 2. The van der Waals surface area contributed by atoms with Crippen LogP contribution in [0.2, 0.25) is 0 Å². The first-order valence-electron chi connectivity index (χ1n) is 6.01. The van der Waals surface area contributed by atoms with Crippen LogP contribution in [0.25, 0.3) is 0 Å². The van der Waals surface area contributed by atoms with Gasteiger partial charge >= 0.3 is 0 Å². The SMILES string of the molecule is Nc1cc(NCC2CCN(C3CC3)C2)sn1. The van der Waals surface area contributed by atoms with Crippen molar-refractivity contribution in [3.63, 3.8) is 0 Å². The fraction of sp³-hybridized carbons (Fsp3) is 0.727. The van der Waals surface area contributed by atoms with Gasteiger partial charge in [0.25, 0.3) is 0 Å². The Bertz CT molecular complexity index is 361. The summed E-state index contributed by atoms with van der Waals surface area (Å²) in [6.45, 7) is 3.62. The molecule has 2 fully saturated rings. The normalized spacial score (nSPS) is 26.1. The van der Waals surface area contributed by atoms with Gasteiger partial charge in [-0.3, -0.25) is 0 Å². The van der Waals surface area contributed by atoms with E-state index in [0.29, 0.717) is 5.82 Å². The van der Waals surface area contributed by atoms with Crippen LogP contribution in [-0.4, -0.2) is 34.9 Å². The lowest BCUT2D eigenvalue weighted by Gasteiger charge is -2.14. The molecule has 0 amide bonds. The third-order valence-electron chi connectivity index (χ3n) is 3.47. The molecule has 88 valence electrons. The highest BCUT2D eigenvalue weighted by molar-refractivity contribution is 7.10. The Labute approximate surface area is 100.0 Å². The van der Waals surface area contributed by atoms with Crippen LogP contribution in [0.5, 0.6) is 0 Å². The van der Waals surface area contributed by atoms with Crippen molar-refractivity contribution in [1.82, 2.24) is 9.27 Å². The van der Waals surface area contributed by atoms with Gasteiger partial charge in [0, 0.05) is 25.2 Å². The molecule has 1 aromatic heterocycles. The van der Waals surface area contributed by atoms with Crippen molar-refractivity contribution >= 4 is 22.4 Å². The third kappa shape index (κ3) is 2.30. The molecule has 0 radical (unpaired) electrons. The lowest BCUT2D eigenvalue weighted by atomic mass is 10.1. The molecule has 2 aliphatic rings. The molecule has 1 aliphatic carbocycles. The second kappa shape index (κ2) is 4.22. The standard InChI is InChI=1S/C11H18N4S/c12-10-5-11(16-14-10)13-6-8-3-4-15(7-8)9-1-2-9/h5,8-9,13H,1-4,6-7H2,(H2,12,14). The third-order valence-corrected chi connectivity index (χ3v) is 4.23. The molecular formula is C11H18N4S. The maximum Gasteiger partial charge on any atom is 0.139 e. The number of nitrogens with one attached hydrogen (secondary N) is 1. The molecule has 3 N–H and O–H groups in total. The van der Waals surface area contributed by atoms with Crippen molar-refractivity contribution in [2.24, 2.45) is 5.92 Å². The van der Waals surface area contributed by atoms with E-state index >= 15 is 0 Å². The van der Waals surface area contributed by atoms with E-state index in [0.717, 1.165) is 23.5 Å². The Morgan fingerprint density at radius 1 is 1.50 bits per heavy atom. The van der Waals surface area contributed by atoms with Gasteiger partial charge in [-0.25, -0.2) is 0 Å². The van der Waals surface area contributed by atoms with E-state index in [-0.39, 0.29) is 0 Å². The molecule has 1 saturated heterocycles. The number of nitrogens with zero attached hydrogens (tertiary/aromatic N) is 2. The first kappa shape index (κ1) is 10.4. The number of likely N-dealkylation sites (tertiary alicyclic amines) is 1. The van der Waals surface area contributed by atoms with Gasteiger partial charge in [0.2, 0.25) is 0 Å². The molecule has 1 aliphatic heterocycles. The summed E-state index contributed by atoms with van der Waals surface area (Å²) in [5.41, 5.74) is 5.58. The monoisotopic (exact) mass is 238 g/mol. The molecule has 0 bridgehead atoms. The van der Waals surface area contributed by atoms with Crippen molar-refractivity contribution < 1.29 is 0 Å². The summed E-state index contributed by atoms with van der Waals surface area (Å²) in [6.07, 6.45) is 4.18. The minimum Gasteiger partial charge on any atom is -0.383 e. The fourth-order valence-corrected chi connectivity index (χ4v) is 3.00. The van der Waals surface area contributed by atoms with Crippen LogP contribution in [0.15, 0.2) is 6.07 Å². The zero-order chi connectivity index (χ0) is 11.0. The van der Waals surface area contributed by atoms with Gasteiger partial charge in [-0.1, -0.05) is 0 Å². The van der Waals surface area contributed by atoms with Crippen LogP contribution in [-0.2, 0) is 0 Å². The molecule has 1 saturated carbocycles.